The third kappa shape index (κ3) is 4.60. The Labute approximate surface area is 187 Å². The van der Waals surface area contributed by atoms with Crippen molar-refractivity contribution in [3.63, 3.8) is 0 Å². The highest BCUT2D eigenvalue weighted by Crippen LogP contribution is 2.28. The molecule has 1 amide bonds. The van der Waals surface area contributed by atoms with E-state index >= 15 is 0 Å². The van der Waals surface area contributed by atoms with Crippen LogP contribution < -0.4 is 10.0 Å². The maximum atomic E-state index is 12.7. The van der Waals surface area contributed by atoms with Gasteiger partial charge >= 0.3 is 0 Å². The fourth-order valence-corrected chi connectivity index (χ4v) is 5.85. The topological polar surface area (TPSA) is 111 Å². The monoisotopic (exact) mass is 476 g/mol. The minimum atomic E-state index is -3.77. The second kappa shape index (κ2) is 8.73. The average Bonchev–Trinajstić information content (AvgIpc) is 3.47. The van der Waals surface area contributed by atoms with Crippen molar-refractivity contribution in [1.82, 2.24) is 24.4 Å². The molecule has 0 saturated heterocycles. The third-order valence-corrected chi connectivity index (χ3v) is 8.30. The number of amides is 1. The summed E-state index contributed by atoms with van der Waals surface area (Å²) in [5.41, 5.74) is 1.76. The number of thiophene rings is 1. The molecule has 12 heteroatoms. The fraction of sp³-hybridized carbons (Fsp3) is 0.211. The van der Waals surface area contributed by atoms with E-state index in [-0.39, 0.29) is 10.1 Å². The van der Waals surface area contributed by atoms with Gasteiger partial charge < -0.3 is 14.5 Å². The lowest BCUT2D eigenvalue weighted by molar-refractivity contribution is 0.0956. The van der Waals surface area contributed by atoms with E-state index in [1.807, 2.05) is 17.8 Å². The quantitative estimate of drug-likeness (QED) is 0.299. The number of rotatable bonds is 8. The van der Waals surface area contributed by atoms with Crippen LogP contribution in [0.1, 0.15) is 10.4 Å². The zero-order chi connectivity index (χ0) is 22.0. The van der Waals surface area contributed by atoms with Crippen LogP contribution in [-0.4, -0.2) is 45.7 Å². The normalized spacial score (nSPS) is 11.7. The summed E-state index contributed by atoms with van der Waals surface area (Å²) in [6.07, 6.45) is 5.17. The van der Waals surface area contributed by atoms with Crippen molar-refractivity contribution in [2.75, 3.05) is 17.0 Å². The van der Waals surface area contributed by atoms with Crippen molar-refractivity contribution in [3.8, 4) is 0 Å². The molecule has 0 bridgehead atoms. The number of hydrogen-bond acceptors (Lipinski definition) is 7. The standard InChI is InChI=1S/C19H20N6O3S3/c1-24-7-5-21-19(24)30-9-6-20-18(26)13-10-14-17(25(2)12-22-14)15(11-13)23-31(27,28)16-4-3-8-29-16/h3-5,7-8,10-12,23H,6,9H2,1-2H3,(H,20,26). The summed E-state index contributed by atoms with van der Waals surface area (Å²) in [5, 5.41) is 5.43. The van der Waals surface area contributed by atoms with E-state index in [4.69, 9.17) is 0 Å². The maximum Gasteiger partial charge on any atom is 0.271 e. The number of anilines is 1. The Morgan fingerprint density at radius 1 is 1.23 bits per heavy atom. The summed E-state index contributed by atoms with van der Waals surface area (Å²) in [6, 6.07) is 6.39. The Bertz CT molecular complexity index is 1330. The molecule has 0 unspecified atom stereocenters. The van der Waals surface area contributed by atoms with Crippen molar-refractivity contribution in [1.29, 1.82) is 0 Å². The molecule has 0 radical (unpaired) electrons. The first kappa shape index (κ1) is 21.4. The first-order chi connectivity index (χ1) is 14.8. The molecule has 4 aromatic rings. The number of nitrogens with zero attached hydrogens (tertiary/aromatic N) is 4. The number of benzene rings is 1. The van der Waals surface area contributed by atoms with Crippen LogP contribution in [0.3, 0.4) is 0 Å². The number of thioether (sulfide) groups is 1. The molecular weight excluding hydrogens is 456 g/mol. The summed E-state index contributed by atoms with van der Waals surface area (Å²) in [4.78, 5) is 21.2. The summed E-state index contributed by atoms with van der Waals surface area (Å²) < 4.78 is 31.9. The molecule has 3 aromatic heterocycles. The predicted octanol–water partition coefficient (Wildman–Crippen LogP) is 2.69. The highest BCUT2D eigenvalue weighted by atomic mass is 32.2. The van der Waals surface area contributed by atoms with E-state index in [1.165, 1.54) is 23.9 Å². The molecule has 0 saturated carbocycles. The van der Waals surface area contributed by atoms with Gasteiger partial charge in [0.05, 0.1) is 23.0 Å². The molecular formula is C19H20N6O3S3. The van der Waals surface area contributed by atoms with Gasteiger partial charge in [0.1, 0.15) is 4.21 Å². The van der Waals surface area contributed by atoms with Gasteiger partial charge in [0.2, 0.25) is 0 Å². The minimum Gasteiger partial charge on any atom is -0.351 e. The second-order valence-electron chi connectivity index (χ2n) is 6.71. The first-order valence-electron chi connectivity index (χ1n) is 9.25. The summed E-state index contributed by atoms with van der Waals surface area (Å²) in [5.74, 6) is 0.352. The molecule has 31 heavy (non-hydrogen) atoms. The fourth-order valence-electron chi connectivity index (χ4n) is 3.02. The number of aryl methyl sites for hydroxylation is 2. The number of hydrogen-bond donors (Lipinski definition) is 2. The van der Waals surface area contributed by atoms with Crippen LogP contribution in [-0.2, 0) is 24.1 Å². The second-order valence-corrected chi connectivity index (χ2v) is 10.6. The van der Waals surface area contributed by atoms with Gasteiger partial charge in [-0.1, -0.05) is 17.8 Å². The molecule has 3 heterocycles. The largest absolute Gasteiger partial charge is 0.351 e. The van der Waals surface area contributed by atoms with E-state index in [0.717, 1.165) is 16.5 Å². The van der Waals surface area contributed by atoms with Crippen LogP contribution in [0.2, 0.25) is 0 Å². The molecule has 4 rings (SSSR count). The highest BCUT2D eigenvalue weighted by molar-refractivity contribution is 7.99. The van der Waals surface area contributed by atoms with E-state index < -0.39 is 10.0 Å². The smallest absolute Gasteiger partial charge is 0.271 e. The van der Waals surface area contributed by atoms with Crippen LogP contribution in [0.4, 0.5) is 5.69 Å². The molecule has 0 atom stereocenters. The lowest BCUT2D eigenvalue weighted by Crippen LogP contribution is -2.26. The zero-order valence-electron chi connectivity index (χ0n) is 16.8. The number of carbonyl (C=O) groups excluding carboxylic acids is 1. The van der Waals surface area contributed by atoms with Gasteiger partial charge in [0.15, 0.2) is 5.16 Å². The SMILES string of the molecule is Cn1ccnc1SCCNC(=O)c1cc(NS(=O)(=O)c2cccs2)c2c(c1)ncn2C. The van der Waals surface area contributed by atoms with Gasteiger partial charge in [-0.25, -0.2) is 18.4 Å². The van der Waals surface area contributed by atoms with Crippen LogP contribution in [0.15, 0.2) is 57.7 Å². The molecule has 0 aliphatic rings. The number of fused-ring (bicyclic) bond motifs is 1. The number of carbonyl (C=O) groups is 1. The van der Waals surface area contributed by atoms with E-state index in [0.29, 0.717) is 34.6 Å². The summed E-state index contributed by atoms with van der Waals surface area (Å²) >= 11 is 2.66. The van der Waals surface area contributed by atoms with E-state index in [1.54, 1.807) is 41.7 Å². The zero-order valence-corrected chi connectivity index (χ0v) is 19.2. The van der Waals surface area contributed by atoms with Crippen LogP contribution in [0.25, 0.3) is 11.0 Å². The maximum absolute atomic E-state index is 12.7. The molecule has 0 aliphatic carbocycles. The first-order valence-corrected chi connectivity index (χ1v) is 12.6. The number of sulfonamides is 1. The van der Waals surface area contributed by atoms with Gasteiger partial charge in [-0.3, -0.25) is 9.52 Å². The average molecular weight is 477 g/mol. The molecule has 0 spiro atoms. The number of aromatic nitrogens is 4. The van der Waals surface area contributed by atoms with Crippen LogP contribution >= 0.6 is 23.1 Å². The van der Waals surface area contributed by atoms with Gasteiger partial charge in [-0.2, -0.15) is 0 Å². The lowest BCUT2D eigenvalue weighted by Gasteiger charge is -2.11. The van der Waals surface area contributed by atoms with Crippen LogP contribution in [0, 0.1) is 0 Å². The van der Waals surface area contributed by atoms with Crippen molar-refractivity contribution in [2.45, 2.75) is 9.37 Å². The van der Waals surface area contributed by atoms with E-state index in [2.05, 4.69) is 20.0 Å². The van der Waals surface area contributed by atoms with Crippen molar-refractivity contribution in [3.05, 3.63) is 53.9 Å². The van der Waals surface area contributed by atoms with Gasteiger partial charge in [0, 0.05) is 44.4 Å². The van der Waals surface area contributed by atoms with Crippen molar-refractivity contribution >= 4 is 55.7 Å². The predicted molar refractivity (Wildman–Crippen MR) is 122 cm³/mol. The summed E-state index contributed by atoms with van der Waals surface area (Å²) in [6.45, 7) is 0.437. The molecule has 2 N–H and O–H groups in total. The summed E-state index contributed by atoms with van der Waals surface area (Å²) in [7, 11) is -0.0834. The lowest BCUT2D eigenvalue weighted by atomic mass is 10.1. The Morgan fingerprint density at radius 2 is 2.06 bits per heavy atom. The van der Waals surface area contributed by atoms with Gasteiger partial charge in [-0.05, 0) is 23.6 Å². The molecule has 162 valence electrons. The Balaban J connectivity index is 1.53. The Kier molecular flexibility index (Phi) is 6.03. The molecule has 0 aliphatic heterocycles. The number of nitrogens with one attached hydrogen (secondary N) is 2. The Morgan fingerprint density at radius 3 is 2.77 bits per heavy atom. The highest BCUT2D eigenvalue weighted by Gasteiger charge is 2.20. The third-order valence-electron chi connectivity index (χ3n) is 4.47. The van der Waals surface area contributed by atoms with Crippen molar-refractivity contribution in [2.24, 2.45) is 14.1 Å². The molecule has 1 aromatic carbocycles. The van der Waals surface area contributed by atoms with Gasteiger partial charge in [0.25, 0.3) is 15.9 Å². The minimum absolute atomic E-state index is 0.198. The number of imidazole rings is 2. The van der Waals surface area contributed by atoms with Crippen LogP contribution in [0.5, 0.6) is 0 Å². The van der Waals surface area contributed by atoms with Gasteiger partial charge in [-0.15, -0.1) is 11.3 Å². The molecule has 0 fully saturated rings. The van der Waals surface area contributed by atoms with E-state index in [9.17, 15) is 13.2 Å². The molecule has 9 nitrogen and oxygen atoms in total. The Hall–Kier alpha value is -2.83. The van der Waals surface area contributed by atoms with Crippen molar-refractivity contribution < 1.29 is 13.2 Å².